The molecule has 0 saturated heterocycles. The van der Waals surface area contributed by atoms with E-state index in [1.165, 1.54) is 0 Å². The van der Waals surface area contributed by atoms with Gasteiger partial charge in [-0.05, 0) is 24.3 Å². The lowest BCUT2D eigenvalue weighted by atomic mass is 9.48. The predicted molar refractivity (Wildman–Crippen MR) is 72.4 cm³/mol. The maximum absolute atomic E-state index is 10.9. The minimum Gasteiger partial charge on any atom is -0.392 e. The molecule has 0 aromatic rings. The fraction of sp³-hybridized carbons (Fsp3) is 0.733. The highest BCUT2D eigenvalue weighted by molar-refractivity contribution is 5.30. The van der Waals surface area contributed by atoms with Crippen molar-refractivity contribution in [1.82, 2.24) is 0 Å². The highest BCUT2D eigenvalue weighted by Crippen LogP contribution is 2.59. The predicted octanol–water partition coefficient (Wildman–Crippen LogP) is 0.754. The Morgan fingerprint density at radius 3 is 2.37 bits per heavy atom. The van der Waals surface area contributed by atoms with Crippen LogP contribution >= 0.6 is 0 Å². The van der Waals surface area contributed by atoms with Crippen molar-refractivity contribution in [2.75, 3.05) is 6.61 Å². The molecule has 0 amide bonds. The third-order valence-corrected chi connectivity index (χ3v) is 4.84. The molecule has 1 saturated carbocycles. The molecule has 0 spiro atoms. The van der Waals surface area contributed by atoms with Gasteiger partial charge in [-0.15, -0.1) is 0 Å². The maximum Gasteiger partial charge on any atom is 0.102 e. The monoisotopic (exact) mass is 268 g/mol. The molecule has 2 aliphatic carbocycles. The Kier molecular flexibility index (Phi) is 3.42. The van der Waals surface area contributed by atoms with E-state index in [-0.39, 0.29) is 18.9 Å². The smallest absolute Gasteiger partial charge is 0.102 e. The van der Waals surface area contributed by atoms with E-state index in [1.54, 1.807) is 25.2 Å². The van der Waals surface area contributed by atoms with E-state index in [0.717, 1.165) is 0 Å². The van der Waals surface area contributed by atoms with Gasteiger partial charge in [-0.25, -0.2) is 0 Å². The zero-order valence-corrected chi connectivity index (χ0v) is 11.8. The van der Waals surface area contributed by atoms with Crippen LogP contribution in [0.4, 0.5) is 0 Å². The molecular weight excluding hydrogens is 244 g/mol. The van der Waals surface area contributed by atoms with Crippen LogP contribution in [0, 0.1) is 11.3 Å². The summed E-state index contributed by atoms with van der Waals surface area (Å²) in [6.45, 7) is 5.26. The second kappa shape index (κ2) is 4.42. The summed E-state index contributed by atoms with van der Waals surface area (Å²) in [6.07, 6.45) is 4.77. The Labute approximate surface area is 114 Å². The number of rotatable bonds is 1. The van der Waals surface area contributed by atoms with Gasteiger partial charge < -0.3 is 20.4 Å². The van der Waals surface area contributed by atoms with Gasteiger partial charge in [-0.3, -0.25) is 0 Å². The first kappa shape index (κ1) is 14.7. The lowest BCUT2D eigenvalue weighted by Gasteiger charge is -2.61. The molecule has 2 aliphatic rings. The molecule has 4 heteroatoms. The SMILES string of the molecule is CC1(C)C[C@@H]2C(CO)=C/C=C\[C@@](C)(O)C[C@H](O)[C@]21O. The number of aliphatic hydroxyl groups is 4. The first-order valence-corrected chi connectivity index (χ1v) is 6.76. The van der Waals surface area contributed by atoms with Crippen molar-refractivity contribution < 1.29 is 20.4 Å². The normalized spacial score (nSPS) is 47.0. The van der Waals surface area contributed by atoms with Crippen LogP contribution in [0.2, 0.25) is 0 Å². The van der Waals surface area contributed by atoms with Gasteiger partial charge in [0.05, 0.1) is 18.3 Å². The zero-order chi connectivity index (χ0) is 14.5. The lowest BCUT2D eigenvalue weighted by molar-refractivity contribution is -0.250. The van der Waals surface area contributed by atoms with E-state index < -0.39 is 22.7 Å². The Balaban J connectivity index is 2.45. The van der Waals surface area contributed by atoms with Crippen molar-refractivity contribution >= 4 is 0 Å². The Morgan fingerprint density at radius 1 is 1.21 bits per heavy atom. The quantitative estimate of drug-likeness (QED) is 0.566. The van der Waals surface area contributed by atoms with Crippen molar-refractivity contribution in [3.63, 3.8) is 0 Å². The molecule has 4 nitrogen and oxygen atoms in total. The minimum absolute atomic E-state index is 0.0759. The van der Waals surface area contributed by atoms with Crippen molar-refractivity contribution in [2.45, 2.75) is 50.9 Å². The molecular formula is C15H24O4. The fourth-order valence-corrected chi connectivity index (χ4v) is 3.54. The Bertz CT molecular complexity index is 422. The largest absolute Gasteiger partial charge is 0.392 e. The van der Waals surface area contributed by atoms with E-state index >= 15 is 0 Å². The molecule has 2 rings (SSSR count). The summed E-state index contributed by atoms with van der Waals surface area (Å²) < 4.78 is 0. The van der Waals surface area contributed by atoms with Crippen LogP contribution in [0.25, 0.3) is 0 Å². The van der Waals surface area contributed by atoms with Crippen LogP contribution in [0.15, 0.2) is 23.8 Å². The molecule has 0 unspecified atom stereocenters. The molecule has 0 aromatic heterocycles. The van der Waals surface area contributed by atoms with Gasteiger partial charge in [0.25, 0.3) is 0 Å². The van der Waals surface area contributed by atoms with E-state index in [0.29, 0.717) is 12.0 Å². The van der Waals surface area contributed by atoms with E-state index in [1.807, 2.05) is 13.8 Å². The van der Waals surface area contributed by atoms with Gasteiger partial charge in [-0.1, -0.05) is 32.1 Å². The van der Waals surface area contributed by atoms with Gasteiger partial charge in [-0.2, -0.15) is 0 Å². The van der Waals surface area contributed by atoms with E-state index in [9.17, 15) is 20.4 Å². The molecule has 0 aromatic carbocycles. The van der Waals surface area contributed by atoms with Gasteiger partial charge in [0.15, 0.2) is 0 Å². The van der Waals surface area contributed by atoms with Gasteiger partial charge in [0.1, 0.15) is 5.60 Å². The first-order valence-electron chi connectivity index (χ1n) is 6.76. The highest BCUT2D eigenvalue weighted by atomic mass is 16.3. The van der Waals surface area contributed by atoms with Crippen molar-refractivity contribution in [1.29, 1.82) is 0 Å². The fourth-order valence-electron chi connectivity index (χ4n) is 3.54. The van der Waals surface area contributed by atoms with Gasteiger partial charge in [0, 0.05) is 12.3 Å². The maximum atomic E-state index is 10.9. The van der Waals surface area contributed by atoms with E-state index in [2.05, 4.69) is 0 Å². The minimum atomic E-state index is -1.31. The second-order valence-electron chi connectivity index (χ2n) is 6.80. The molecule has 0 heterocycles. The summed E-state index contributed by atoms with van der Waals surface area (Å²) >= 11 is 0. The van der Waals surface area contributed by atoms with Crippen LogP contribution in [-0.4, -0.2) is 44.3 Å². The van der Waals surface area contributed by atoms with Crippen LogP contribution in [-0.2, 0) is 0 Å². The molecule has 0 aliphatic heterocycles. The van der Waals surface area contributed by atoms with Crippen LogP contribution in [0.1, 0.15) is 33.6 Å². The average molecular weight is 268 g/mol. The molecule has 19 heavy (non-hydrogen) atoms. The summed E-state index contributed by atoms with van der Waals surface area (Å²) in [7, 11) is 0. The summed E-state index contributed by atoms with van der Waals surface area (Å²) in [4.78, 5) is 0. The Hall–Kier alpha value is -0.680. The number of hydrogen-bond acceptors (Lipinski definition) is 4. The molecule has 1 fully saturated rings. The summed E-state index contributed by atoms with van der Waals surface area (Å²) in [6, 6.07) is 0. The van der Waals surface area contributed by atoms with E-state index in [4.69, 9.17) is 0 Å². The molecule has 0 bridgehead atoms. The third-order valence-electron chi connectivity index (χ3n) is 4.84. The van der Waals surface area contributed by atoms with Crippen molar-refractivity contribution in [3.05, 3.63) is 23.8 Å². The Morgan fingerprint density at radius 2 is 1.84 bits per heavy atom. The molecule has 0 radical (unpaired) electrons. The average Bonchev–Trinajstić information content (AvgIpc) is 2.32. The molecule has 4 atom stereocenters. The number of aliphatic hydroxyl groups excluding tert-OH is 2. The lowest BCUT2D eigenvalue weighted by Crippen LogP contribution is -2.69. The second-order valence-corrected chi connectivity index (χ2v) is 6.80. The number of fused-ring (bicyclic) bond motifs is 1. The highest BCUT2D eigenvalue weighted by Gasteiger charge is 2.64. The summed E-state index contributed by atoms with van der Waals surface area (Å²) in [5, 5.41) is 41.0. The van der Waals surface area contributed by atoms with Crippen molar-refractivity contribution in [2.24, 2.45) is 11.3 Å². The summed E-state index contributed by atoms with van der Waals surface area (Å²) in [5.74, 6) is -0.263. The zero-order valence-electron chi connectivity index (χ0n) is 11.8. The number of hydrogen-bond donors (Lipinski definition) is 4. The van der Waals surface area contributed by atoms with Crippen LogP contribution < -0.4 is 0 Å². The van der Waals surface area contributed by atoms with Crippen molar-refractivity contribution in [3.8, 4) is 0 Å². The molecule has 4 N–H and O–H groups in total. The van der Waals surface area contributed by atoms with Gasteiger partial charge >= 0.3 is 0 Å². The van der Waals surface area contributed by atoms with Crippen LogP contribution in [0.3, 0.4) is 0 Å². The van der Waals surface area contributed by atoms with Crippen LogP contribution in [0.5, 0.6) is 0 Å². The molecule has 108 valence electrons. The standard InChI is InChI=1S/C15H24O4/c1-13(2)7-11-10(9-16)5-4-6-14(3,18)8-12(17)15(11,13)19/h4-6,11-12,16-19H,7-9H2,1-3H3/b6-4-,10-5?/t11-,12+,14-,15-/m1/s1. The van der Waals surface area contributed by atoms with Gasteiger partial charge in [0.2, 0.25) is 0 Å². The first-order chi connectivity index (χ1) is 8.64. The topological polar surface area (TPSA) is 80.9 Å². The third kappa shape index (κ3) is 2.17. The summed E-state index contributed by atoms with van der Waals surface area (Å²) in [5.41, 5.74) is -2.22. The number of allylic oxidation sites excluding steroid dienone is 2.